The summed E-state index contributed by atoms with van der Waals surface area (Å²) in [5.41, 5.74) is 2.18. The van der Waals surface area contributed by atoms with Gasteiger partial charge in [0.1, 0.15) is 5.69 Å². The predicted octanol–water partition coefficient (Wildman–Crippen LogP) is 3.51. The van der Waals surface area contributed by atoms with Gasteiger partial charge in [0.2, 0.25) is 11.7 Å². The van der Waals surface area contributed by atoms with Crippen LogP contribution in [0.3, 0.4) is 0 Å². The molecule has 0 aliphatic heterocycles. The SMILES string of the molecule is O=C(O)CCc1nc(-c2cn(-c3ccccc3)nc2-c2cccc([N+](=O)[O-])c2)no1. The van der Waals surface area contributed by atoms with Crippen molar-refractivity contribution >= 4 is 11.7 Å². The number of rotatable bonds is 7. The number of nitro benzene ring substituents is 1. The summed E-state index contributed by atoms with van der Waals surface area (Å²) in [6.07, 6.45) is 1.67. The number of carboxylic acids is 1. The van der Waals surface area contributed by atoms with Crippen LogP contribution in [-0.2, 0) is 11.2 Å². The monoisotopic (exact) mass is 405 g/mol. The van der Waals surface area contributed by atoms with Crippen molar-refractivity contribution in [3.05, 3.63) is 76.8 Å². The molecule has 0 saturated heterocycles. The first-order valence-electron chi connectivity index (χ1n) is 8.96. The molecule has 0 fully saturated rings. The van der Waals surface area contributed by atoms with E-state index >= 15 is 0 Å². The number of carbonyl (C=O) groups is 1. The molecule has 10 heteroatoms. The van der Waals surface area contributed by atoms with Gasteiger partial charge in [-0.3, -0.25) is 14.9 Å². The molecular formula is C20H15N5O5. The molecule has 0 unspecified atom stereocenters. The number of benzene rings is 2. The van der Waals surface area contributed by atoms with Crippen LogP contribution >= 0.6 is 0 Å². The van der Waals surface area contributed by atoms with Gasteiger partial charge in [0.15, 0.2) is 0 Å². The van der Waals surface area contributed by atoms with Gasteiger partial charge in [0.25, 0.3) is 5.69 Å². The molecule has 30 heavy (non-hydrogen) atoms. The molecule has 4 rings (SSSR count). The standard InChI is InChI=1S/C20H15N5O5/c26-18(27)10-9-17-21-20(23-30-17)16-12-24(14-6-2-1-3-7-14)22-19(16)13-5-4-8-15(11-13)25(28)29/h1-8,11-12H,9-10H2,(H,26,27). The Morgan fingerprint density at radius 2 is 1.97 bits per heavy atom. The normalized spacial score (nSPS) is 10.8. The summed E-state index contributed by atoms with van der Waals surface area (Å²) in [6, 6.07) is 15.4. The summed E-state index contributed by atoms with van der Waals surface area (Å²) < 4.78 is 6.79. The molecule has 0 saturated carbocycles. The Hall–Kier alpha value is -4.34. The van der Waals surface area contributed by atoms with E-state index in [1.165, 1.54) is 12.1 Å². The van der Waals surface area contributed by atoms with E-state index in [-0.39, 0.29) is 30.2 Å². The summed E-state index contributed by atoms with van der Waals surface area (Å²) in [5.74, 6) is -0.562. The molecule has 0 aliphatic rings. The summed E-state index contributed by atoms with van der Waals surface area (Å²) >= 11 is 0. The quantitative estimate of drug-likeness (QED) is 0.364. The molecule has 4 aromatic rings. The van der Waals surface area contributed by atoms with Crippen LogP contribution in [0.15, 0.2) is 65.3 Å². The van der Waals surface area contributed by atoms with Crippen LogP contribution in [0.5, 0.6) is 0 Å². The second-order valence-electron chi connectivity index (χ2n) is 6.38. The van der Waals surface area contributed by atoms with E-state index in [4.69, 9.17) is 9.63 Å². The molecule has 1 N–H and O–H groups in total. The van der Waals surface area contributed by atoms with Gasteiger partial charge in [-0.1, -0.05) is 35.5 Å². The summed E-state index contributed by atoms with van der Waals surface area (Å²) in [5, 5.41) is 28.6. The maximum absolute atomic E-state index is 11.2. The van der Waals surface area contributed by atoms with Crippen LogP contribution < -0.4 is 0 Å². The Morgan fingerprint density at radius 3 is 2.70 bits per heavy atom. The van der Waals surface area contributed by atoms with Crippen LogP contribution in [0.1, 0.15) is 12.3 Å². The lowest BCUT2D eigenvalue weighted by molar-refractivity contribution is -0.384. The van der Waals surface area contributed by atoms with Crippen molar-refractivity contribution in [3.63, 3.8) is 0 Å². The number of hydrogen-bond acceptors (Lipinski definition) is 7. The number of hydrogen-bond donors (Lipinski definition) is 1. The molecule has 0 atom stereocenters. The minimum Gasteiger partial charge on any atom is -0.481 e. The summed E-state index contributed by atoms with van der Waals surface area (Å²) in [4.78, 5) is 25.8. The third-order valence-corrected chi connectivity index (χ3v) is 4.33. The van der Waals surface area contributed by atoms with Crippen molar-refractivity contribution < 1.29 is 19.3 Å². The average Bonchev–Trinajstić information content (AvgIpc) is 3.40. The van der Waals surface area contributed by atoms with E-state index < -0.39 is 10.9 Å². The number of aryl methyl sites for hydroxylation is 1. The van der Waals surface area contributed by atoms with Crippen molar-refractivity contribution in [3.8, 4) is 28.3 Å². The highest BCUT2D eigenvalue weighted by atomic mass is 16.6. The zero-order valence-electron chi connectivity index (χ0n) is 15.5. The topological polar surface area (TPSA) is 137 Å². The minimum absolute atomic E-state index is 0.0667. The van der Waals surface area contributed by atoms with Crippen LogP contribution in [0.2, 0.25) is 0 Å². The fraction of sp³-hybridized carbons (Fsp3) is 0.100. The van der Waals surface area contributed by atoms with Gasteiger partial charge in [-0.2, -0.15) is 10.1 Å². The highest BCUT2D eigenvalue weighted by Crippen LogP contribution is 2.32. The third kappa shape index (κ3) is 3.92. The van der Waals surface area contributed by atoms with Gasteiger partial charge in [-0.05, 0) is 12.1 Å². The Labute approximate surface area is 169 Å². The first kappa shape index (κ1) is 19.0. The third-order valence-electron chi connectivity index (χ3n) is 4.33. The Morgan fingerprint density at radius 1 is 1.17 bits per heavy atom. The van der Waals surface area contributed by atoms with E-state index in [1.54, 1.807) is 23.0 Å². The molecular weight excluding hydrogens is 390 g/mol. The highest BCUT2D eigenvalue weighted by molar-refractivity contribution is 5.78. The molecule has 2 heterocycles. The van der Waals surface area contributed by atoms with Gasteiger partial charge >= 0.3 is 5.97 Å². The zero-order chi connectivity index (χ0) is 21.1. The molecule has 0 amide bonds. The number of non-ortho nitro benzene ring substituents is 1. The number of aliphatic carboxylic acids is 1. The van der Waals surface area contributed by atoms with Gasteiger partial charge in [0, 0.05) is 30.3 Å². The smallest absolute Gasteiger partial charge is 0.303 e. The lowest BCUT2D eigenvalue weighted by atomic mass is 10.1. The second kappa shape index (κ2) is 7.95. The van der Waals surface area contributed by atoms with Crippen molar-refractivity contribution in [1.82, 2.24) is 19.9 Å². The Balaban J connectivity index is 1.81. The second-order valence-corrected chi connectivity index (χ2v) is 6.38. The molecule has 10 nitrogen and oxygen atoms in total. The van der Waals surface area contributed by atoms with Crippen molar-refractivity contribution in [2.24, 2.45) is 0 Å². The first-order valence-corrected chi connectivity index (χ1v) is 8.96. The summed E-state index contributed by atoms with van der Waals surface area (Å²) in [6.45, 7) is 0. The molecule has 0 bridgehead atoms. The number of para-hydroxylation sites is 1. The maximum atomic E-state index is 11.2. The van der Waals surface area contributed by atoms with Crippen molar-refractivity contribution in [2.75, 3.05) is 0 Å². The van der Waals surface area contributed by atoms with Crippen molar-refractivity contribution in [1.29, 1.82) is 0 Å². The van der Waals surface area contributed by atoms with E-state index in [1.807, 2.05) is 30.3 Å². The number of carboxylic acid groups (broad SMARTS) is 1. The minimum atomic E-state index is -0.969. The molecule has 0 spiro atoms. The van der Waals surface area contributed by atoms with Crippen LogP contribution in [0, 0.1) is 10.1 Å². The number of nitro groups is 1. The molecule has 2 aromatic carbocycles. The fourth-order valence-corrected chi connectivity index (χ4v) is 2.91. The molecule has 2 aromatic heterocycles. The van der Waals surface area contributed by atoms with Crippen molar-refractivity contribution in [2.45, 2.75) is 12.8 Å². The fourth-order valence-electron chi connectivity index (χ4n) is 2.91. The maximum Gasteiger partial charge on any atom is 0.303 e. The number of aromatic nitrogens is 4. The Kier molecular flexibility index (Phi) is 5.04. The number of nitrogens with zero attached hydrogens (tertiary/aromatic N) is 5. The van der Waals surface area contributed by atoms with E-state index in [2.05, 4.69) is 15.2 Å². The van der Waals surface area contributed by atoms with E-state index in [9.17, 15) is 14.9 Å². The van der Waals surface area contributed by atoms with E-state index in [0.29, 0.717) is 16.8 Å². The predicted molar refractivity (Wildman–Crippen MR) is 105 cm³/mol. The van der Waals surface area contributed by atoms with Gasteiger partial charge in [-0.25, -0.2) is 4.68 Å². The van der Waals surface area contributed by atoms with Gasteiger partial charge in [0.05, 0.1) is 22.6 Å². The highest BCUT2D eigenvalue weighted by Gasteiger charge is 2.20. The van der Waals surface area contributed by atoms with Crippen LogP contribution in [-0.4, -0.2) is 35.9 Å². The van der Waals surface area contributed by atoms with Crippen LogP contribution in [0.25, 0.3) is 28.3 Å². The zero-order valence-corrected chi connectivity index (χ0v) is 15.5. The van der Waals surface area contributed by atoms with E-state index in [0.717, 1.165) is 5.69 Å². The lowest BCUT2D eigenvalue weighted by Gasteiger charge is -2.00. The lowest BCUT2D eigenvalue weighted by Crippen LogP contribution is -1.97. The van der Waals surface area contributed by atoms with Gasteiger partial charge < -0.3 is 9.63 Å². The molecule has 150 valence electrons. The summed E-state index contributed by atoms with van der Waals surface area (Å²) in [7, 11) is 0. The first-order chi connectivity index (χ1) is 14.5. The van der Waals surface area contributed by atoms with Gasteiger partial charge in [-0.15, -0.1) is 0 Å². The largest absolute Gasteiger partial charge is 0.481 e. The molecule has 0 aliphatic carbocycles. The van der Waals surface area contributed by atoms with Crippen LogP contribution in [0.4, 0.5) is 5.69 Å². The Bertz CT molecular complexity index is 1220. The molecule has 0 radical (unpaired) electrons. The average molecular weight is 405 g/mol.